The van der Waals surface area contributed by atoms with Crippen LogP contribution in [0, 0.1) is 18.7 Å². The van der Waals surface area contributed by atoms with Crippen LogP contribution in [0.25, 0.3) is 22.0 Å². The fraction of sp³-hybridized carbons (Fsp3) is 0.500. The van der Waals surface area contributed by atoms with Crippen molar-refractivity contribution in [1.29, 1.82) is 0 Å². The van der Waals surface area contributed by atoms with Gasteiger partial charge in [-0.1, -0.05) is 0 Å². The molecule has 2 aromatic carbocycles. The van der Waals surface area contributed by atoms with Gasteiger partial charge in [0.15, 0.2) is 0 Å². The number of carbonyl (C=O) groups excluding carboxylic acids is 1. The van der Waals surface area contributed by atoms with Crippen molar-refractivity contribution in [2.24, 2.45) is 5.92 Å². The molecule has 3 aromatic rings. The predicted octanol–water partition coefficient (Wildman–Crippen LogP) is 6.13. The molecular weight excluding hydrogens is 514 g/mol. The van der Waals surface area contributed by atoms with E-state index in [1.165, 1.54) is 11.0 Å². The molecule has 3 heterocycles. The van der Waals surface area contributed by atoms with Crippen LogP contribution in [0.5, 0.6) is 0 Å². The maximum Gasteiger partial charge on any atom is 0.389 e. The number of nitrogens with zero attached hydrogens (tertiary/aromatic N) is 4. The molecule has 3 fully saturated rings. The van der Waals surface area contributed by atoms with Crippen molar-refractivity contribution in [1.82, 2.24) is 14.7 Å². The molecule has 2 amide bonds. The van der Waals surface area contributed by atoms with E-state index in [-0.39, 0.29) is 25.2 Å². The van der Waals surface area contributed by atoms with Crippen molar-refractivity contribution in [3.05, 3.63) is 41.8 Å². The highest BCUT2D eigenvalue weighted by Crippen LogP contribution is 2.40. The highest BCUT2D eigenvalue weighted by molar-refractivity contribution is 5.97. The first-order valence-electron chi connectivity index (χ1n) is 13.4. The van der Waals surface area contributed by atoms with Crippen LogP contribution in [-0.2, 0) is 4.74 Å². The summed E-state index contributed by atoms with van der Waals surface area (Å²) in [6.07, 6.45) is -0.639. The van der Waals surface area contributed by atoms with Gasteiger partial charge in [0.05, 0.1) is 30.6 Å². The first-order chi connectivity index (χ1) is 18.6. The summed E-state index contributed by atoms with van der Waals surface area (Å²) in [6, 6.07) is 6.93. The lowest BCUT2D eigenvalue weighted by Crippen LogP contribution is -2.36. The zero-order valence-electron chi connectivity index (χ0n) is 21.7. The zero-order chi connectivity index (χ0) is 27.3. The van der Waals surface area contributed by atoms with Gasteiger partial charge >= 0.3 is 12.2 Å². The van der Waals surface area contributed by atoms with Gasteiger partial charge in [-0.25, -0.2) is 9.18 Å². The van der Waals surface area contributed by atoms with E-state index >= 15 is 0 Å². The van der Waals surface area contributed by atoms with Crippen molar-refractivity contribution in [2.75, 3.05) is 49.6 Å². The summed E-state index contributed by atoms with van der Waals surface area (Å²) in [7, 11) is 0. The van der Waals surface area contributed by atoms with Crippen LogP contribution in [0.4, 0.5) is 33.7 Å². The summed E-state index contributed by atoms with van der Waals surface area (Å²) >= 11 is 0. The standard InChI is InChI=1S/C28H31F4N5O2/c1-17-10-23(29)24(33-27(38)36-5-4-18(15-36)14-28(30,31)32)13-22(17)19-11-20-16-37(21-2-3-21)34-26(20)25(12-19)35-6-8-39-9-7-35/h10-13,16,18,21H,2-9,14-15H2,1H3,(H,33,38)/t18-/m0/s1. The van der Waals surface area contributed by atoms with Crippen LogP contribution < -0.4 is 10.2 Å². The molecule has 208 valence electrons. The van der Waals surface area contributed by atoms with Gasteiger partial charge in [-0.15, -0.1) is 0 Å². The number of fused-ring (bicyclic) bond motifs is 1. The Morgan fingerprint density at radius 1 is 1.10 bits per heavy atom. The van der Waals surface area contributed by atoms with E-state index in [1.54, 1.807) is 6.07 Å². The molecule has 1 aromatic heterocycles. The van der Waals surface area contributed by atoms with Gasteiger partial charge in [-0.2, -0.15) is 18.3 Å². The van der Waals surface area contributed by atoms with Gasteiger partial charge in [-0.3, -0.25) is 4.68 Å². The van der Waals surface area contributed by atoms with Gasteiger partial charge in [0.2, 0.25) is 0 Å². The molecular formula is C28H31F4N5O2. The molecule has 3 aliphatic rings. The van der Waals surface area contributed by atoms with E-state index in [4.69, 9.17) is 9.84 Å². The average Bonchev–Trinajstić information content (AvgIpc) is 3.49. The fourth-order valence-electron chi connectivity index (χ4n) is 5.65. The molecule has 6 rings (SSSR count). The SMILES string of the molecule is Cc1cc(F)c(NC(=O)N2CC[C@@H](CC(F)(F)F)C2)cc1-c1cc(N2CCOCC2)c2nn(C3CC3)cc2c1. The number of carbonyl (C=O) groups is 1. The number of amides is 2. The number of hydrogen-bond donors (Lipinski definition) is 1. The quantitative estimate of drug-likeness (QED) is 0.392. The number of alkyl halides is 3. The monoisotopic (exact) mass is 545 g/mol. The van der Waals surface area contributed by atoms with E-state index in [9.17, 15) is 22.4 Å². The Balaban J connectivity index is 1.30. The number of ether oxygens (including phenoxy) is 1. The molecule has 11 heteroatoms. The predicted molar refractivity (Wildman–Crippen MR) is 141 cm³/mol. The zero-order valence-corrected chi connectivity index (χ0v) is 21.7. The highest BCUT2D eigenvalue weighted by atomic mass is 19.4. The van der Waals surface area contributed by atoms with Crippen LogP contribution in [0.1, 0.15) is 37.3 Å². The van der Waals surface area contributed by atoms with E-state index in [0.717, 1.165) is 53.6 Å². The number of nitrogens with one attached hydrogen (secondary N) is 1. The lowest BCUT2D eigenvalue weighted by Gasteiger charge is -2.29. The Morgan fingerprint density at radius 2 is 1.87 bits per heavy atom. The normalized spacial score (nSPS) is 20.2. The number of rotatable bonds is 5. The minimum absolute atomic E-state index is 0.00145. The average molecular weight is 546 g/mol. The molecule has 39 heavy (non-hydrogen) atoms. The molecule has 1 N–H and O–H groups in total. The van der Waals surface area contributed by atoms with Crippen molar-refractivity contribution in [2.45, 2.75) is 44.8 Å². The molecule has 1 saturated carbocycles. The number of hydrogen-bond acceptors (Lipinski definition) is 4. The van der Waals surface area contributed by atoms with Crippen molar-refractivity contribution < 1.29 is 27.1 Å². The Hall–Kier alpha value is -3.34. The van der Waals surface area contributed by atoms with E-state index in [1.807, 2.05) is 17.7 Å². The summed E-state index contributed by atoms with van der Waals surface area (Å²) in [4.78, 5) is 16.4. The minimum atomic E-state index is -4.27. The third kappa shape index (κ3) is 5.54. The molecule has 1 atom stereocenters. The van der Waals surface area contributed by atoms with E-state index < -0.39 is 30.4 Å². The molecule has 2 aliphatic heterocycles. The summed E-state index contributed by atoms with van der Waals surface area (Å²) in [6.45, 7) is 4.75. The second-order valence-electron chi connectivity index (χ2n) is 10.9. The Kier molecular flexibility index (Phi) is 6.65. The van der Waals surface area contributed by atoms with Crippen LogP contribution >= 0.6 is 0 Å². The van der Waals surface area contributed by atoms with Crippen LogP contribution in [0.3, 0.4) is 0 Å². The second-order valence-corrected chi connectivity index (χ2v) is 10.9. The van der Waals surface area contributed by atoms with Crippen LogP contribution in [-0.4, -0.2) is 66.3 Å². The molecule has 0 radical (unpaired) electrons. The van der Waals surface area contributed by atoms with Crippen molar-refractivity contribution >= 4 is 28.3 Å². The third-order valence-corrected chi connectivity index (χ3v) is 7.84. The Labute approximate surface area is 223 Å². The lowest BCUT2D eigenvalue weighted by molar-refractivity contribution is -0.143. The number of aromatic nitrogens is 2. The second kappa shape index (κ2) is 10.0. The molecule has 7 nitrogen and oxygen atoms in total. The van der Waals surface area contributed by atoms with E-state index in [0.29, 0.717) is 24.8 Å². The van der Waals surface area contributed by atoms with Gasteiger partial charge in [0, 0.05) is 44.2 Å². The van der Waals surface area contributed by atoms with Gasteiger partial charge in [0.25, 0.3) is 0 Å². The summed E-state index contributed by atoms with van der Waals surface area (Å²) in [5.41, 5.74) is 4.26. The number of anilines is 2. The smallest absolute Gasteiger partial charge is 0.378 e. The topological polar surface area (TPSA) is 62.6 Å². The summed E-state index contributed by atoms with van der Waals surface area (Å²) in [5, 5.41) is 8.48. The number of aryl methyl sites for hydroxylation is 1. The fourth-order valence-corrected chi connectivity index (χ4v) is 5.65. The summed E-state index contributed by atoms with van der Waals surface area (Å²) in [5.74, 6) is -1.23. The maximum absolute atomic E-state index is 15.0. The van der Waals surface area contributed by atoms with Gasteiger partial charge in [-0.05, 0) is 73.1 Å². The molecule has 0 bridgehead atoms. The Bertz CT molecular complexity index is 1390. The lowest BCUT2D eigenvalue weighted by atomic mass is 9.97. The number of urea groups is 1. The van der Waals surface area contributed by atoms with E-state index in [2.05, 4.69) is 22.5 Å². The first kappa shape index (κ1) is 25.9. The highest BCUT2D eigenvalue weighted by Gasteiger charge is 2.36. The number of halogens is 4. The Morgan fingerprint density at radius 3 is 2.59 bits per heavy atom. The summed E-state index contributed by atoms with van der Waals surface area (Å²) < 4.78 is 60.9. The third-order valence-electron chi connectivity index (χ3n) is 7.84. The maximum atomic E-state index is 15.0. The largest absolute Gasteiger partial charge is 0.389 e. The van der Waals surface area contributed by atoms with Crippen LogP contribution in [0.15, 0.2) is 30.5 Å². The van der Waals surface area contributed by atoms with Crippen molar-refractivity contribution in [3.8, 4) is 11.1 Å². The van der Waals surface area contributed by atoms with Crippen molar-refractivity contribution in [3.63, 3.8) is 0 Å². The van der Waals surface area contributed by atoms with Gasteiger partial charge < -0.3 is 19.9 Å². The number of morpholine rings is 1. The number of likely N-dealkylation sites (tertiary alicyclic amines) is 1. The number of benzene rings is 2. The van der Waals surface area contributed by atoms with Crippen LogP contribution in [0.2, 0.25) is 0 Å². The van der Waals surface area contributed by atoms with Gasteiger partial charge in [0.1, 0.15) is 11.3 Å². The molecule has 0 unspecified atom stereocenters. The molecule has 1 aliphatic carbocycles. The first-order valence-corrected chi connectivity index (χ1v) is 13.4. The minimum Gasteiger partial charge on any atom is -0.378 e. The molecule has 0 spiro atoms. The molecule has 2 saturated heterocycles.